The molecule has 0 unspecified atom stereocenters. The Morgan fingerprint density at radius 3 is 2.35 bits per heavy atom. The van der Waals surface area contributed by atoms with Crippen LogP contribution in [-0.4, -0.2) is 17.6 Å². The Morgan fingerprint density at radius 2 is 1.90 bits per heavy atom. The van der Waals surface area contributed by atoms with Gasteiger partial charge in [-0.05, 0) is 30.5 Å². The van der Waals surface area contributed by atoms with Crippen LogP contribution >= 0.6 is 0 Å². The number of rotatable bonds is 4. The maximum Gasteiger partial charge on any atom is 0.416 e. The van der Waals surface area contributed by atoms with Gasteiger partial charge in [0.15, 0.2) is 0 Å². The van der Waals surface area contributed by atoms with E-state index >= 15 is 0 Å². The smallest absolute Gasteiger partial charge is 0.387 e. The van der Waals surface area contributed by atoms with E-state index in [2.05, 4.69) is 5.32 Å². The highest BCUT2D eigenvalue weighted by molar-refractivity contribution is 5.79. The third-order valence-corrected chi connectivity index (χ3v) is 3.57. The molecule has 3 nitrogen and oxygen atoms in total. The number of nitrogens with one attached hydrogen (secondary N) is 1. The lowest BCUT2D eigenvalue weighted by Gasteiger charge is -2.24. The van der Waals surface area contributed by atoms with E-state index in [-0.39, 0.29) is 18.4 Å². The van der Waals surface area contributed by atoms with Crippen LogP contribution in [0.25, 0.3) is 0 Å². The van der Waals surface area contributed by atoms with Gasteiger partial charge in [0.25, 0.3) is 0 Å². The summed E-state index contributed by atoms with van der Waals surface area (Å²) in [6, 6.07) is 4.30. The molecule has 0 spiro atoms. The molecule has 0 saturated heterocycles. The summed E-state index contributed by atoms with van der Waals surface area (Å²) in [4.78, 5) is 11.6. The van der Waals surface area contributed by atoms with Gasteiger partial charge in [-0.1, -0.05) is 18.6 Å². The van der Waals surface area contributed by atoms with Crippen molar-refractivity contribution in [1.82, 2.24) is 5.32 Å². The minimum atomic E-state index is -4.39. The number of hydrogen-bond donors (Lipinski definition) is 2. The van der Waals surface area contributed by atoms with Gasteiger partial charge >= 0.3 is 6.18 Å². The van der Waals surface area contributed by atoms with E-state index in [1.807, 2.05) is 0 Å². The molecule has 2 N–H and O–H groups in total. The minimum Gasteiger partial charge on any atom is -0.387 e. The second kappa shape index (κ2) is 5.83. The Kier molecular flexibility index (Phi) is 4.32. The van der Waals surface area contributed by atoms with Crippen LogP contribution in [0.1, 0.15) is 36.5 Å². The van der Waals surface area contributed by atoms with Crippen molar-refractivity contribution in [1.29, 1.82) is 0 Å². The third-order valence-electron chi connectivity index (χ3n) is 3.57. The summed E-state index contributed by atoms with van der Waals surface area (Å²) in [5.74, 6) is -0.0722. The molecule has 110 valence electrons. The summed E-state index contributed by atoms with van der Waals surface area (Å²) in [6.45, 7) is 0.0146. The summed E-state index contributed by atoms with van der Waals surface area (Å²) in [5, 5.41) is 12.5. The van der Waals surface area contributed by atoms with E-state index in [4.69, 9.17) is 0 Å². The van der Waals surface area contributed by atoms with Crippen LogP contribution in [0.5, 0.6) is 0 Å². The first kappa shape index (κ1) is 14.8. The van der Waals surface area contributed by atoms with E-state index < -0.39 is 17.8 Å². The first-order chi connectivity index (χ1) is 9.38. The van der Waals surface area contributed by atoms with Crippen LogP contribution in [0.3, 0.4) is 0 Å². The zero-order valence-corrected chi connectivity index (χ0v) is 10.8. The third kappa shape index (κ3) is 3.50. The molecule has 0 aromatic heterocycles. The van der Waals surface area contributed by atoms with Crippen molar-refractivity contribution in [3.8, 4) is 0 Å². The standard InChI is InChI=1S/C14H16F3NO2/c15-14(16,17)11-6-4-9(5-7-11)12(19)8-18-13(20)10-2-1-3-10/h4-7,10,12,19H,1-3,8H2,(H,18,20)/t12-/m1/s1. The van der Waals surface area contributed by atoms with E-state index in [0.717, 1.165) is 31.4 Å². The Labute approximate surface area is 114 Å². The maximum absolute atomic E-state index is 12.4. The topological polar surface area (TPSA) is 49.3 Å². The number of aliphatic hydroxyl groups is 1. The lowest BCUT2D eigenvalue weighted by molar-refractivity contribution is -0.137. The number of carbonyl (C=O) groups excluding carboxylic acids is 1. The summed E-state index contributed by atoms with van der Waals surface area (Å²) in [5.41, 5.74) is -0.404. The number of amides is 1. The molecule has 1 aliphatic carbocycles. The quantitative estimate of drug-likeness (QED) is 0.894. The molecule has 1 aliphatic rings. The molecule has 1 aromatic carbocycles. The largest absolute Gasteiger partial charge is 0.416 e. The number of hydrogen-bond acceptors (Lipinski definition) is 2. The van der Waals surface area contributed by atoms with Crippen LogP contribution in [0.4, 0.5) is 13.2 Å². The lowest BCUT2D eigenvalue weighted by atomic mass is 9.85. The predicted octanol–water partition coefficient (Wildman–Crippen LogP) is 2.66. The second-order valence-corrected chi connectivity index (χ2v) is 5.01. The molecule has 2 rings (SSSR count). The lowest BCUT2D eigenvalue weighted by Crippen LogP contribution is -2.36. The van der Waals surface area contributed by atoms with E-state index in [1.54, 1.807) is 0 Å². The second-order valence-electron chi connectivity index (χ2n) is 5.01. The molecule has 20 heavy (non-hydrogen) atoms. The van der Waals surface area contributed by atoms with E-state index in [9.17, 15) is 23.1 Å². The van der Waals surface area contributed by atoms with Crippen molar-refractivity contribution in [3.63, 3.8) is 0 Å². The highest BCUT2D eigenvalue weighted by Gasteiger charge is 2.30. The summed E-state index contributed by atoms with van der Waals surface area (Å²) < 4.78 is 37.2. The molecular weight excluding hydrogens is 271 g/mol. The molecular formula is C14H16F3NO2. The van der Waals surface area contributed by atoms with Gasteiger partial charge in [-0.25, -0.2) is 0 Å². The minimum absolute atomic E-state index is 0.0146. The van der Waals surface area contributed by atoms with E-state index in [0.29, 0.717) is 5.56 Å². The van der Waals surface area contributed by atoms with E-state index in [1.165, 1.54) is 12.1 Å². The molecule has 0 aliphatic heterocycles. The van der Waals surface area contributed by atoms with Gasteiger partial charge in [-0.3, -0.25) is 4.79 Å². The van der Waals surface area contributed by atoms with Crippen LogP contribution in [0.2, 0.25) is 0 Å². The Bertz CT molecular complexity index is 466. The summed E-state index contributed by atoms with van der Waals surface area (Å²) in [7, 11) is 0. The number of carbonyl (C=O) groups is 1. The molecule has 0 heterocycles. The predicted molar refractivity (Wildman–Crippen MR) is 66.8 cm³/mol. The fourth-order valence-corrected chi connectivity index (χ4v) is 2.02. The normalized spacial score (nSPS) is 17.4. The van der Waals surface area contributed by atoms with Crippen molar-refractivity contribution >= 4 is 5.91 Å². The summed E-state index contributed by atoms with van der Waals surface area (Å²) >= 11 is 0. The zero-order chi connectivity index (χ0) is 14.8. The van der Waals surface area contributed by atoms with Gasteiger partial charge in [0.05, 0.1) is 11.7 Å². The fraction of sp³-hybridized carbons (Fsp3) is 0.500. The number of halogens is 3. The van der Waals surface area contributed by atoms with Crippen LogP contribution in [0.15, 0.2) is 24.3 Å². The van der Waals surface area contributed by atoms with Crippen molar-refractivity contribution in [3.05, 3.63) is 35.4 Å². The molecule has 0 bridgehead atoms. The Hall–Kier alpha value is -1.56. The Morgan fingerprint density at radius 1 is 1.30 bits per heavy atom. The molecule has 1 saturated carbocycles. The van der Waals surface area contributed by atoms with Gasteiger partial charge < -0.3 is 10.4 Å². The number of alkyl halides is 3. The molecule has 1 atom stereocenters. The highest BCUT2D eigenvalue weighted by Crippen LogP contribution is 2.30. The first-order valence-corrected chi connectivity index (χ1v) is 6.51. The van der Waals surface area contributed by atoms with Crippen molar-refractivity contribution in [2.75, 3.05) is 6.54 Å². The van der Waals surface area contributed by atoms with Gasteiger partial charge in [0.1, 0.15) is 0 Å². The summed E-state index contributed by atoms with van der Waals surface area (Å²) in [6.07, 6.45) is -2.62. The molecule has 1 amide bonds. The fourth-order valence-electron chi connectivity index (χ4n) is 2.02. The van der Waals surface area contributed by atoms with Gasteiger partial charge in [0.2, 0.25) is 5.91 Å². The van der Waals surface area contributed by atoms with Crippen molar-refractivity contribution in [2.45, 2.75) is 31.5 Å². The van der Waals surface area contributed by atoms with Gasteiger partial charge in [-0.2, -0.15) is 13.2 Å². The Balaban J connectivity index is 1.88. The number of benzene rings is 1. The van der Waals surface area contributed by atoms with Crippen molar-refractivity contribution < 1.29 is 23.1 Å². The average molecular weight is 287 g/mol. The molecule has 0 radical (unpaired) electrons. The van der Waals surface area contributed by atoms with Gasteiger partial charge in [-0.15, -0.1) is 0 Å². The van der Waals surface area contributed by atoms with Crippen LogP contribution in [-0.2, 0) is 11.0 Å². The van der Waals surface area contributed by atoms with Crippen LogP contribution in [0, 0.1) is 5.92 Å². The monoisotopic (exact) mass is 287 g/mol. The average Bonchev–Trinajstić information content (AvgIpc) is 2.33. The van der Waals surface area contributed by atoms with Gasteiger partial charge in [0, 0.05) is 12.5 Å². The molecule has 6 heteroatoms. The van der Waals surface area contributed by atoms with Crippen molar-refractivity contribution in [2.24, 2.45) is 5.92 Å². The number of aliphatic hydroxyl groups excluding tert-OH is 1. The highest BCUT2D eigenvalue weighted by atomic mass is 19.4. The maximum atomic E-state index is 12.4. The van der Waals surface area contributed by atoms with Crippen LogP contribution < -0.4 is 5.32 Å². The first-order valence-electron chi connectivity index (χ1n) is 6.51. The zero-order valence-electron chi connectivity index (χ0n) is 10.8. The molecule has 1 aromatic rings. The molecule has 1 fully saturated rings. The SMILES string of the molecule is O=C(NC[C@@H](O)c1ccc(C(F)(F)F)cc1)C1CCC1.